The number of carbonyl (C=O) groups excluding carboxylic acids is 1. The van der Waals surface area contributed by atoms with E-state index in [9.17, 15) is 9.90 Å². The second-order valence-electron chi connectivity index (χ2n) is 8.54. The lowest BCUT2D eigenvalue weighted by Gasteiger charge is -2.36. The highest BCUT2D eigenvalue weighted by Crippen LogP contribution is 2.31. The van der Waals surface area contributed by atoms with Crippen LogP contribution in [0.1, 0.15) is 22.1 Å². The molecule has 4 aromatic rings. The van der Waals surface area contributed by atoms with Crippen LogP contribution in [-0.4, -0.2) is 69.1 Å². The number of benzene rings is 1. The number of aromatic nitrogens is 5. The summed E-state index contributed by atoms with van der Waals surface area (Å²) in [6.07, 6.45) is 1.67. The molecule has 12 heteroatoms. The van der Waals surface area contributed by atoms with Crippen molar-refractivity contribution in [2.75, 3.05) is 48.3 Å². The third kappa shape index (κ3) is 5.46. The van der Waals surface area contributed by atoms with Gasteiger partial charge in [0.1, 0.15) is 17.3 Å². The standard InChI is InChI=1S/C26H25N9O3/c1-17-15-20(33-38-17)26(37)29-9-4-7-23-28-10-8-24(30-23)35-13-11-34(12-14-35)21-16-19(31-32-25(21)27)18-5-2-3-6-22(18)36/h2-3,5-6,8,10,15-16,36H,9,11-14H2,1H3,(H2,27,32)(H,29,37). The predicted octanol–water partition coefficient (Wildman–Crippen LogP) is 1.63. The molecule has 4 N–H and O–H groups in total. The fourth-order valence-electron chi connectivity index (χ4n) is 4.04. The maximum absolute atomic E-state index is 12.0. The quantitative estimate of drug-likeness (QED) is 0.334. The van der Waals surface area contributed by atoms with Crippen molar-refractivity contribution in [3.63, 3.8) is 0 Å². The molecule has 1 aromatic carbocycles. The molecule has 12 nitrogen and oxygen atoms in total. The number of nitrogens with two attached hydrogens (primary N) is 1. The zero-order chi connectivity index (χ0) is 26.5. The molecule has 1 aliphatic rings. The molecule has 0 unspecified atom stereocenters. The van der Waals surface area contributed by atoms with Crippen LogP contribution in [-0.2, 0) is 0 Å². The van der Waals surface area contributed by atoms with Crippen LogP contribution in [0.4, 0.5) is 17.3 Å². The van der Waals surface area contributed by atoms with E-state index in [0.29, 0.717) is 54.8 Å². The number of nitrogens with one attached hydrogen (secondary N) is 1. The molecule has 3 aromatic heterocycles. The van der Waals surface area contributed by atoms with E-state index in [2.05, 4.69) is 52.3 Å². The average Bonchev–Trinajstić information content (AvgIpc) is 3.38. The largest absolute Gasteiger partial charge is 0.507 e. The molecule has 4 heterocycles. The molecule has 5 rings (SSSR count). The first-order valence-electron chi connectivity index (χ1n) is 11.9. The van der Waals surface area contributed by atoms with Crippen LogP contribution >= 0.6 is 0 Å². The maximum Gasteiger partial charge on any atom is 0.274 e. The Bertz CT molecular complexity index is 1520. The first-order chi connectivity index (χ1) is 18.5. The van der Waals surface area contributed by atoms with Gasteiger partial charge in [-0.3, -0.25) is 4.79 Å². The highest BCUT2D eigenvalue weighted by Gasteiger charge is 2.22. The number of rotatable bonds is 5. The summed E-state index contributed by atoms with van der Waals surface area (Å²) in [5.74, 6) is 7.55. The topological polar surface area (TPSA) is 159 Å². The lowest BCUT2D eigenvalue weighted by Crippen LogP contribution is -2.47. The van der Waals surface area contributed by atoms with Gasteiger partial charge in [0.2, 0.25) is 5.82 Å². The van der Waals surface area contributed by atoms with Crippen LogP contribution in [0.15, 0.2) is 53.2 Å². The number of phenols is 1. The van der Waals surface area contributed by atoms with Crippen molar-refractivity contribution < 1.29 is 14.4 Å². The van der Waals surface area contributed by atoms with Crippen LogP contribution in [0.25, 0.3) is 11.3 Å². The zero-order valence-corrected chi connectivity index (χ0v) is 20.6. The van der Waals surface area contributed by atoms with Gasteiger partial charge < -0.3 is 30.5 Å². The van der Waals surface area contributed by atoms with E-state index >= 15 is 0 Å². The van der Waals surface area contributed by atoms with Gasteiger partial charge in [-0.15, -0.1) is 10.2 Å². The summed E-state index contributed by atoms with van der Waals surface area (Å²) in [5, 5.41) is 24.8. The summed E-state index contributed by atoms with van der Waals surface area (Å²) in [5.41, 5.74) is 8.29. The molecule has 0 atom stereocenters. The molecular formula is C26H25N9O3. The minimum atomic E-state index is -0.360. The van der Waals surface area contributed by atoms with Gasteiger partial charge >= 0.3 is 0 Å². The number of nitrogen functional groups attached to an aromatic ring is 1. The number of piperazine rings is 1. The van der Waals surface area contributed by atoms with E-state index in [1.54, 1.807) is 37.4 Å². The number of nitrogens with zero attached hydrogens (tertiary/aromatic N) is 7. The molecule has 38 heavy (non-hydrogen) atoms. The number of aryl methyl sites for hydroxylation is 1. The Kier molecular flexibility index (Phi) is 6.99. The summed E-state index contributed by atoms with van der Waals surface area (Å²) in [6.45, 7) is 4.62. The summed E-state index contributed by atoms with van der Waals surface area (Å²) < 4.78 is 4.90. The molecule has 1 amide bonds. The number of carbonyl (C=O) groups is 1. The Morgan fingerprint density at radius 3 is 2.68 bits per heavy atom. The van der Waals surface area contributed by atoms with Crippen molar-refractivity contribution >= 4 is 23.2 Å². The second-order valence-corrected chi connectivity index (χ2v) is 8.54. The Morgan fingerprint density at radius 1 is 1.13 bits per heavy atom. The third-order valence-electron chi connectivity index (χ3n) is 5.96. The molecule has 0 radical (unpaired) electrons. The van der Waals surface area contributed by atoms with E-state index in [0.717, 1.165) is 11.5 Å². The number of aromatic hydroxyl groups is 1. The summed E-state index contributed by atoms with van der Waals surface area (Å²) in [4.78, 5) is 25.1. The number of anilines is 3. The molecule has 0 aliphatic carbocycles. The van der Waals surface area contributed by atoms with Gasteiger partial charge in [0, 0.05) is 44.0 Å². The molecule has 1 fully saturated rings. The van der Waals surface area contributed by atoms with E-state index < -0.39 is 0 Å². The molecule has 1 aliphatic heterocycles. The van der Waals surface area contributed by atoms with Gasteiger partial charge in [0.25, 0.3) is 5.91 Å². The normalized spacial score (nSPS) is 13.1. The fourth-order valence-corrected chi connectivity index (χ4v) is 4.04. The molecule has 0 bridgehead atoms. The van der Waals surface area contributed by atoms with Crippen molar-refractivity contribution in [2.24, 2.45) is 0 Å². The fraction of sp³-hybridized carbons (Fsp3) is 0.231. The van der Waals surface area contributed by atoms with Crippen molar-refractivity contribution in [2.45, 2.75) is 6.92 Å². The van der Waals surface area contributed by atoms with Crippen molar-refractivity contribution in [3.8, 4) is 28.8 Å². The molecule has 0 saturated carbocycles. The van der Waals surface area contributed by atoms with E-state index in [4.69, 9.17) is 10.3 Å². The van der Waals surface area contributed by atoms with Gasteiger partial charge in [-0.1, -0.05) is 23.2 Å². The van der Waals surface area contributed by atoms with Gasteiger partial charge in [-0.25, -0.2) is 9.97 Å². The van der Waals surface area contributed by atoms with Gasteiger partial charge in [0.15, 0.2) is 11.5 Å². The third-order valence-corrected chi connectivity index (χ3v) is 5.96. The van der Waals surface area contributed by atoms with Crippen molar-refractivity contribution in [1.29, 1.82) is 0 Å². The lowest BCUT2D eigenvalue weighted by atomic mass is 10.1. The Hall–Kier alpha value is -5.18. The number of amides is 1. The average molecular weight is 512 g/mol. The zero-order valence-electron chi connectivity index (χ0n) is 20.6. The van der Waals surface area contributed by atoms with Crippen LogP contribution in [0.2, 0.25) is 0 Å². The number of hydrogen-bond acceptors (Lipinski definition) is 11. The van der Waals surface area contributed by atoms with Gasteiger partial charge in [-0.05, 0) is 37.1 Å². The maximum atomic E-state index is 12.0. The van der Waals surface area contributed by atoms with Crippen molar-refractivity contribution in [3.05, 3.63) is 65.9 Å². The van der Waals surface area contributed by atoms with Gasteiger partial charge in [0.05, 0.1) is 17.9 Å². The highest BCUT2D eigenvalue weighted by atomic mass is 16.5. The molecule has 0 spiro atoms. The number of hydrogen-bond donors (Lipinski definition) is 3. The van der Waals surface area contributed by atoms with Crippen LogP contribution in [0.5, 0.6) is 5.75 Å². The highest BCUT2D eigenvalue weighted by molar-refractivity contribution is 5.92. The van der Waals surface area contributed by atoms with Crippen LogP contribution in [0, 0.1) is 18.8 Å². The minimum Gasteiger partial charge on any atom is -0.507 e. The van der Waals surface area contributed by atoms with Crippen LogP contribution in [0.3, 0.4) is 0 Å². The number of para-hydroxylation sites is 1. The van der Waals surface area contributed by atoms with Crippen LogP contribution < -0.4 is 20.9 Å². The van der Waals surface area contributed by atoms with E-state index in [1.807, 2.05) is 18.2 Å². The SMILES string of the molecule is Cc1cc(C(=O)NCC#Cc2nccc(N3CCN(c4cc(-c5ccccc5O)nnc4N)CC3)n2)no1. The van der Waals surface area contributed by atoms with E-state index in [-0.39, 0.29) is 23.9 Å². The monoisotopic (exact) mass is 511 g/mol. The van der Waals surface area contributed by atoms with Crippen molar-refractivity contribution in [1.82, 2.24) is 30.6 Å². The Morgan fingerprint density at radius 2 is 1.92 bits per heavy atom. The Balaban J connectivity index is 1.20. The number of phenolic OH excluding ortho intramolecular Hbond substituents is 1. The molecule has 192 valence electrons. The summed E-state index contributed by atoms with van der Waals surface area (Å²) in [7, 11) is 0. The molecule has 1 saturated heterocycles. The second kappa shape index (κ2) is 10.8. The minimum absolute atomic E-state index is 0.126. The first kappa shape index (κ1) is 24.5. The van der Waals surface area contributed by atoms with E-state index in [1.165, 1.54) is 0 Å². The predicted molar refractivity (Wildman–Crippen MR) is 140 cm³/mol. The lowest BCUT2D eigenvalue weighted by molar-refractivity contribution is 0.0949. The van der Waals surface area contributed by atoms with Gasteiger partial charge in [-0.2, -0.15) is 0 Å². The Labute approximate surface area is 218 Å². The molecular weight excluding hydrogens is 486 g/mol. The first-order valence-corrected chi connectivity index (χ1v) is 11.9. The summed E-state index contributed by atoms with van der Waals surface area (Å²) >= 11 is 0. The summed E-state index contributed by atoms with van der Waals surface area (Å²) in [6, 6.07) is 12.2. The smallest absolute Gasteiger partial charge is 0.274 e.